The number of carbonyl (C=O) groups is 2. The fourth-order valence-electron chi connectivity index (χ4n) is 2.39. The maximum atomic E-state index is 14.0. The van der Waals surface area contributed by atoms with Crippen molar-refractivity contribution in [3.8, 4) is 0 Å². The number of aliphatic imine (C=N–C) groups is 1. The molecule has 1 heterocycles. The van der Waals surface area contributed by atoms with Crippen LogP contribution < -0.4 is 5.32 Å². The number of rotatable bonds is 3. The quantitative estimate of drug-likeness (QED) is 0.500. The molecule has 2 atom stereocenters. The fourth-order valence-corrected chi connectivity index (χ4v) is 2.39. The van der Waals surface area contributed by atoms with Crippen LogP contribution in [-0.4, -0.2) is 30.4 Å². The van der Waals surface area contributed by atoms with Crippen LogP contribution in [0, 0.1) is 11.7 Å². The second-order valence-electron chi connectivity index (χ2n) is 5.10. The van der Waals surface area contributed by atoms with Crippen LogP contribution in [0.2, 0.25) is 0 Å². The first-order valence-electron chi connectivity index (χ1n) is 8.08. The summed E-state index contributed by atoms with van der Waals surface area (Å²) in [6.07, 6.45) is -4.83. The number of hydrogen-bond acceptors (Lipinski definition) is 4. The number of nitrogens with zero attached hydrogens (tertiary/aromatic N) is 1. The van der Waals surface area contributed by atoms with Gasteiger partial charge < -0.3 is 10.1 Å². The minimum Gasteiger partial charge on any atom is -0.465 e. The van der Waals surface area contributed by atoms with E-state index in [2.05, 4.69) is 10.3 Å². The summed E-state index contributed by atoms with van der Waals surface area (Å²) in [4.78, 5) is 27.7. The molecule has 0 aromatic heterocycles. The second kappa shape index (κ2) is 8.77. The van der Waals surface area contributed by atoms with Gasteiger partial charge in [0, 0.05) is 0 Å². The molecule has 26 heavy (non-hydrogen) atoms. The smallest absolute Gasteiger partial charge is 0.417 e. The number of amidine groups is 1. The lowest BCUT2D eigenvalue weighted by Crippen LogP contribution is -2.49. The Bertz CT molecular complexity index is 702. The molecule has 0 bridgehead atoms. The van der Waals surface area contributed by atoms with Gasteiger partial charge in [0.25, 0.3) is 0 Å². The molecule has 2 unspecified atom stereocenters. The lowest BCUT2D eigenvalue weighted by molar-refractivity contribution is -0.152. The number of benzene rings is 1. The molecule has 1 N–H and O–H groups in total. The van der Waals surface area contributed by atoms with E-state index in [4.69, 9.17) is 4.74 Å². The summed E-state index contributed by atoms with van der Waals surface area (Å²) < 4.78 is 57.9. The van der Waals surface area contributed by atoms with Gasteiger partial charge in [-0.25, -0.2) is 4.39 Å². The van der Waals surface area contributed by atoms with E-state index in [0.29, 0.717) is 6.07 Å². The number of nitrogens with one attached hydrogen (secondary N) is 1. The minimum absolute atomic E-state index is 0.0391. The van der Waals surface area contributed by atoms with E-state index in [9.17, 15) is 27.2 Å². The van der Waals surface area contributed by atoms with Crippen molar-refractivity contribution in [2.75, 3.05) is 6.61 Å². The predicted molar refractivity (Wildman–Crippen MR) is 87.0 cm³/mol. The lowest BCUT2D eigenvalue weighted by atomic mass is 9.96. The van der Waals surface area contributed by atoms with Crippen molar-refractivity contribution in [3.63, 3.8) is 0 Å². The van der Waals surface area contributed by atoms with Gasteiger partial charge in [0.2, 0.25) is 5.91 Å². The first-order valence-corrected chi connectivity index (χ1v) is 8.08. The van der Waals surface area contributed by atoms with Gasteiger partial charge in [0.1, 0.15) is 11.7 Å². The molecule has 0 radical (unpaired) electrons. The standard InChI is InChI=1S/C15H14F4N2O3.C2H6/c1-3-24-14(23)10-7(2)20-12(21-13(10)22)11-8(15(17,18)19)5-4-6-9(11)16;1-2/h4-7,10H,3H2,1-2H3,(H,20,21,22);1-2H3. The van der Waals surface area contributed by atoms with Crippen molar-refractivity contribution in [2.45, 2.75) is 39.9 Å². The van der Waals surface area contributed by atoms with E-state index in [0.717, 1.165) is 12.1 Å². The van der Waals surface area contributed by atoms with Gasteiger partial charge in [-0.15, -0.1) is 0 Å². The molecule has 144 valence electrons. The molecule has 1 aromatic rings. The molecule has 2 rings (SSSR count). The summed E-state index contributed by atoms with van der Waals surface area (Å²) in [5.41, 5.74) is -2.11. The van der Waals surface area contributed by atoms with Crippen molar-refractivity contribution in [1.82, 2.24) is 5.32 Å². The van der Waals surface area contributed by atoms with Gasteiger partial charge in [-0.05, 0) is 26.0 Å². The van der Waals surface area contributed by atoms with Crippen LogP contribution >= 0.6 is 0 Å². The highest BCUT2D eigenvalue weighted by Gasteiger charge is 2.41. The largest absolute Gasteiger partial charge is 0.465 e. The molecule has 0 fully saturated rings. The van der Waals surface area contributed by atoms with Gasteiger partial charge in [-0.2, -0.15) is 13.2 Å². The van der Waals surface area contributed by atoms with Crippen molar-refractivity contribution in [1.29, 1.82) is 0 Å². The Kier molecular flexibility index (Phi) is 7.29. The number of alkyl halides is 3. The molecule has 1 amide bonds. The van der Waals surface area contributed by atoms with Crippen LogP contribution in [0.4, 0.5) is 17.6 Å². The van der Waals surface area contributed by atoms with E-state index in [1.165, 1.54) is 6.92 Å². The van der Waals surface area contributed by atoms with E-state index < -0.39 is 52.8 Å². The second-order valence-corrected chi connectivity index (χ2v) is 5.10. The number of ether oxygens (including phenoxy) is 1. The maximum absolute atomic E-state index is 14.0. The Morgan fingerprint density at radius 1 is 1.31 bits per heavy atom. The Morgan fingerprint density at radius 3 is 2.42 bits per heavy atom. The molecule has 0 saturated carbocycles. The number of esters is 1. The highest BCUT2D eigenvalue weighted by molar-refractivity contribution is 6.15. The topological polar surface area (TPSA) is 67.8 Å². The Labute approximate surface area is 148 Å². The molecular formula is C17H20F4N2O3. The van der Waals surface area contributed by atoms with E-state index in [-0.39, 0.29) is 6.61 Å². The highest BCUT2D eigenvalue weighted by atomic mass is 19.4. The third-order valence-corrected chi connectivity index (χ3v) is 3.44. The Morgan fingerprint density at radius 2 is 1.92 bits per heavy atom. The summed E-state index contributed by atoms with van der Waals surface area (Å²) in [5.74, 6) is -4.75. The number of halogens is 4. The van der Waals surface area contributed by atoms with Crippen molar-refractivity contribution < 1.29 is 31.9 Å². The average molecular weight is 376 g/mol. The monoisotopic (exact) mass is 376 g/mol. The summed E-state index contributed by atoms with van der Waals surface area (Å²) in [6, 6.07) is 1.45. The van der Waals surface area contributed by atoms with Gasteiger partial charge in [0.15, 0.2) is 5.92 Å². The average Bonchev–Trinajstić information content (AvgIpc) is 2.55. The third kappa shape index (κ3) is 4.59. The highest BCUT2D eigenvalue weighted by Crippen LogP contribution is 2.34. The minimum atomic E-state index is -4.83. The summed E-state index contributed by atoms with van der Waals surface area (Å²) >= 11 is 0. The first-order chi connectivity index (χ1) is 12.2. The molecule has 0 saturated heterocycles. The lowest BCUT2D eigenvalue weighted by Gasteiger charge is -2.26. The molecule has 0 spiro atoms. The van der Waals surface area contributed by atoms with Crippen molar-refractivity contribution in [3.05, 3.63) is 35.1 Å². The van der Waals surface area contributed by atoms with Crippen LogP contribution in [0.1, 0.15) is 38.8 Å². The zero-order valence-electron chi connectivity index (χ0n) is 14.8. The Hall–Kier alpha value is -2.45. The molecule has 1 aliphatic heterocycles. The fraction of sp³-hybridized carbons (Fsp3) is 0.471. The normalized spacial score (nSPS) is 19.7. The van der Waals surface area contributed by atoms with E-state index in [1.54, 1.807) is 6.92 Å². The van der Waals surface area contributed by atoms with Crippen LogP contribution in [0.15, 0.2) is 23.2 Å². The van der Waals surface area contributed by atoms with E-state index in [1.807, 2.05) is 13.8 Å². The van der Waals surface area contributed by atoms with Crippen LogP contribution in [-0.2, 0) is 20.5 Å². The molecule has 1 aliphatic rings. The molecule has 0 aliphatic carbocycles. The molecule has 5 nitrogen and oxygen atoms in total. The zero-order chi connectivity index (χ0) is 20.1. The molecule has 9 heteroatoms. The van der Waals surface area contributed by atoms with Gasteiger partial charge in [-0.1, -0.05) is 19.9 Å². The van der Waals surface area contributed by atoms with E-state index >= 15 is 0 Å². The van der Waals surface area contributed by atoms with Crippen LogP contribution in [0.3, 0.4) is 0 Å². The first kappa shape index (κ1) is 21.6. The zero-order valence-corrected chi connectivity index (χ0v) is 14.8. The summed E-state index contributed by atoms with van der Waals surface area (Å²) in [6.45, 7) is 6.96. The third-order valence-electron chi connectivity index (χ3n) is 3.44. The van der Waals surface area contributed by atoms with Gasteiger partial charge in [-0.3, -0.25) is 14.6 Å². The van der Waals surface area contributed by atoms with Crippen molar-refractivity contribution in [2.24, 2.45) is 10.9 Å². The summed E-state index contributed by atoms with van der Waals surface area (Å²) in [5, 5.41) is 2.08. The number of carbonyl (C=O) groups excluding carboxylic acids is 2. The molecular weight excluding hydrogens is 356 g/mol. The van der Waals surface area contributed by atoms with Gasteiger partial charge >= 0.3 is 12.1 Å². The van der Waals surface area contributed by atoms with Gasteiger partial charge in [0.05, 0.1) is 23.8 Å². The SMILES string of the molecule is CC.CCOC(=O)C1C(=O)NC(c2c(F)cccc2C(F)(F)F)=NC1C. The summed E-state index contributed by atoms with van der Waals surface area (Å²) in [7, 11) is 0. The van der Waals surface area contributed by atoms with Crippen molar-refractivity contribution >= 4 is 17.7 Å². The maximum Gasteiger partial charge on any atom is 0.417 e. The predicted octanol–water partition coefficient (Wildman–Crippen LogP) is 3.31. The molecule has 1 aromatic carbocycles. The number of amides is 1. The Balaban J connectivity index is 0.00000163. The van der Waals surface area contributed by atoms with Crippen LogP contribution in [0.25, 0.3) is 0 Å². The van der Waals surface area contributed by atoms with Crippen LogP contribution in [0.5, 0.6) is 0 Å². The number of hydrogen-bond donors (Lipinski definition) is 1.